The molecule has 212 valence electrons. The van der Waals surface area contributed by atoms with E-state index in [1.54, 1.807) is 6.21 Å². The molecule has 0 radical (unpaired) electrons. The summed E-state index contributed by atoms with van der Waals surface area (Å²) < 4.78 is 12.4. The molecule has 3 aromatic rings. The zero-order chi connectivity index (χ0) is 27.7. The highest BCUT2D eigenvalue weighted by Crippen LogP contribution is 2.29. The van der Waals surface area contributed by atoms with Gasteiger partial charge in [-0.3, -0.25) is 10.4 Å². The Kier molecular flexibility index (Phi) is 14.0. The number of benzene rings is 2. The number of aryl methyl sites for hydroxylation is 1. The van der Waals surface area contributed by atoms with Crippen LogP contribution in [0, 0.1) is 6.92 Å². The van der Waals surface area contributed by atoms with Crippen LogP contribution < -0.4 is 14.9 Å². The van der Waals surface area contributed by atoms with Crippen molar-refractivity contribution in [3.8, 4) is 11.5 Å². The number of unbranched alkanes of at least 4 members (excludes halogenated alkanes) is 10. The Labute approximate surface area is 240 Å². The molecule has 1 heterocycles. The summed E-state index contributed by atoms with van der Waals surface area (Å²) in [6.45, 7) is 7.88. The van der Waals surface area contributed by atoms with Crippen molar-refractivity contribution in [3.63, 3.8) is 0 Å². The van der Waals surface area contributed by atoms with Crippen molar-refractivity contribution < 1.29 is 9.47 Å². The number of hydrogen-bond donors (Lipinski definition) is 1. The fourth-order valence-corrected chi connectivity index (χ4v) is 4.74. The molecule has 0 aliphatic heterocycles. The van der Waals surface area contributed by atoms with Gasteiger partial charge in [0.05, 0.1) is 30.6 Å². The van der Waals surface area contributed by atoms with Crippen LogP contribution in [0.2, 0.25) is 5.02 Å². The summed E-state index contributed by atoms with van der Waals surface area (Å²) >= 11 is 6.23. The monoisotopic (exact) mass is 551 g/mol. The molecule has 0 saturated carbocycles. The quantitative estimate of drug-likeness (QED) is 0.0914. The van der Waals surface area contributed by atoms with Gasteiger partial charge in [-0.15, -0.1) is 0 Å². The van der Waals surface area contributed by atoms with Gasteiger partial charge in [-0.05, 0) is 67.8 Å². The van der Waals surface area contributed by atoms with E-state index in [4.69, 9.17) is 21.1 Å². The Morgan fingerprint density at radius 3 is 2.10 bits per heavy atom. The number of hydrazone groups is 1. The number of fused-ring (bicyclic) bond motifs is 1. The summed E-state index contributed by atoms with van der Waals surface area (Å²) in [5, 5.41) is 6.12. The van der Waals surface area contributed by atoms with Gasteiger partial charge in [-0.2, -0.15) is 5.10 Å². The first-order valence-electron chi connectivity index (χ1n) is 14.9. The number of anilines is 1. The number of aromatic nitrogens is 1. The third kappa shape index (κ3) is 11.1. The van der Waals surface area contributed by atoms with Gasteiger partial charge in [0.15, 0.2) is 11.5 Å². The molecule has 1 N–H and O–H groups in total. The first-order chi connectivity index (χ1) is 19.1. The summed E-state index contributed by atoms with van der Waals surface area (Å²) in [6, 6.07) is 13.7. The van der Waals surface area contributed by atoms with E-state index in [9.17, 15) is 0 Å². The van der Waals surface area contributed by atoms with Gasteiger partial charge in [0.1, 0.15) is 0 Å². The second kappa shape index (κ2) is 17.7. The largest absolute Gasteiger partial charge is 0.490 e. The molecule has 0 saturated heterocycles. The molecule has 3 rings (SSSR count). The molecular weight excluding hydrogens is 506 g/mol. The van der Waals surface area contributed by atoms with Gasteiger partial charge >= 0.3 is 0 Å². The van der Waals surface area contributed by atoms with E-state index in [2.05, 4.69) is 29.4 Å². The predicted octanol–water partition coefficient (Wildman–Crippen LogP) is 10.1. The van der Waals surface area contributed by atoms with E-state index in [1.165, 1.54) is 64.2 Å². The van der Waals surface area contributed by atoms with Crippen LogP contribution in [0.3, 0.4) is 0 Å². The molecule has 0 amide bonds. The van der Waals surface area contributed by atoms with Crippen LogP contribution in [-0.2, 0) is 0 Å². The second-order valence-corrected chi connectivity index (χ2v) is 10.7. The Bertz CT molecular complexity index is 1170. The highest BCUT2D eigenvalue weighted by molar-refractivity contribution is 6.31. The van der Waals surface area contributed by atoms with Gasteiger partial charge in [-0.1, -0.05) is 89.7 Å². The molecule has 0 aliphatic carbocycles. The summed E-state index contributed by atoms with van der Waals surface area (Å²) in [7, 11) is 0. The van der Waals surface area contributed by atoms with Crippen molar-refractivity contribution in [1.82, 2.24) is 4.98 Å². The van der Waals surface area contributed by atoms with Gasteiger partial charge in [0, 0.05) is 16.1 Å². The minimum absolute atomic E-state index is 0.670. The van der Waals surface area contributed by atoms with E-state index in [1.807, 2.05) is 49.4 Å². The number of halogens is 1. The lowest BCUT2D eigenvalue weighted by Crippen LogP contribution is -2.03. The standard InChI is InChI=1S/C33H46ClN3O2/c1-4-6-8-10-12-14-20-38-32-19-16-27(23-33(32)39-21-15-13-11-9-7-5-2)25-35-37-31-22-26(3)36-30-18-17-28(34)24-29(30)31/h16-19,22-25H,4-15,20-21H2,1-3H3,(H,36,37)/b35-25+. The highest BCUT2D eigenvalue weighted by atomic mass is 35.5. The summed E-state index contributed by atoms with van der Waals surface area (Å²) in [4.78, 5) is 4.59. The summed E-state index contributed by atoms with van der Waals surface area (Å²) in [6.07, 6.45) is 16.7. The van der Waals surface area contributed by atoms with Crippen molar-refractivity contribution in [2.24, 2.45) is 5.10 Å². The van der Waals surface area contributed by atoms with Crippen molar-refractivity contribution in [1.29, 1.82) is 0 Å². The number of rotatable bonds is 19. The van der Waals surface area contributed by atoms with Crippen LogP contribution in [-0.4, -0.2) is 24.4 Å². The highest BCUT2D eigenvalue weighted by Gasteiger charge is 2.08. The lowest BCUT2D eigenvalue weighted by molar-refractivity contribution is 0.258. The Morgan fingerprint density at radius 1 is 0.769 bits per heavy atom. The SMILES string of the molecule is CCCCCCCCOc1ccc(/C=N/Nc2cc(C)nc3ccc(Cl)cc23)cc1OCCCCCCCC. The maximum Gasteiger partial charge on any atom is 0.161 e. The number of hydrogen-bond acceptors (Lipinski definition) is 5. The zero-order valence-electron chi connectivity index (χ0n) is 24.1. The fraction of sp³-hybridized carbons (Fsp3) is 0.515. The topological polar surface area (TPSA) is 55.7 Å². The fourth-order valence-electron chi connectivity index (χ4n) is 4.57. The molecule has 6 heteroatoms. The molecule has 5 nitrogen and oxygen atoms in total. The Morgan fingerprint density at radius 2 is 1.41 bits per heavy atom. The number of ether oxygens (including phenoxy) is 2. The molecule has 0 unspecified atom stereocenters. The van der Waals surface area contributed by atoms with Crippen LogP contribution in [0.15, 0.2) is 47.6 Å². The first-order valence-corrected chi connectivity index (χ1v) is 15.2. The number of nitrogens with one attached hydrogen (secondary N) is 1. The van der Waals surface area contributed by atoms with Crippen molar-refractivity contribution in [2.75, 3.05) is 18.6 Å². The van der Waals surface area contributed by atoms with Gasteiger partial charge in [0.2, 0.25) is 0 Å². The molecule has 0 aliphatic rings. The third-order valence-electron chi connectivity index (χ3n) is 6.78. The van der Waals surface area contributed by atoms with E-state index >= 15 is 0 Å². The molecule has 1 aromatic heterocycles. The van der Waals surface area contributed by atoms with E-state index in [-0.39, 0.29) is 0 Å². The maximum atomic E-state index is 6.23. The van der Waals surface area contributed by atoms with Crippen molar-refractivity contribution >= 4 is 34.4 Å². The molecule has 0 spiro atoms. The Hall–Kier alpha value is -2.79. The normalized spacial score (nSPS) is 11.4. The van der Waals surface area contributed by atoms with Gasteiger partial charge in [-0.25, -0.2) is 0 Å². The number of nitrogens with zero attached hydrogens (tertiary/aromatic N) is 2. The smallest absolute Gasteiger partial charge is 0.161 e. The second-order valence-electron chi connectivity index (χ2n) is 10.3. The van der Waals surface area contributed by atoms with Crippen LogP contribution in [0.1, 0.15) is 102 Å². The summed E-state index contributed by atoms with van der Waals surface area (Å²) in [5.74, 6) is 1.60. The summed E-state index contributed by atoms with van der Waals surface area (Å²) in [5.41, 5.74) is 6.79. The average molecular weight is 552 g/mol. The lowest BCUT2D eigenvalue weighted by atomic mass is 10.1. The molecule has 39 heavy (non-hydrogen) atoms. The molecule has 0 bridgehead atoms. The average Bonchev–Trinajstić information content (AvgIpc) is 2.93. The van der Waals surface area contributed by atoms with Crippen LogP contribution >= 0.6 is 11.6 Å². The first kappa shape index (κ1) is 30.7. The number of pyridine rings is 1. The zero-order valence-corrected chi connectivity index (χ0v) is 24.9. The van der Waals surface area contributed by atoms with Gasteiger partial charge < -0.3 is 9.47 Å². The maximum absolute atomic E-state index is 6.23. The van der Waals surface area contributed by atoms with Crippen LogP contribution in [0.4, 0.5) is 5.69 Å². The minimum atomic E-state index is 0.670. The van der Waals surface area contributed by atoms with E-state index in [0.717, 1.165) is 52.2 Å². The van der Waals surface area contributed by atoms with E-state index in [0.29, 0.717) is 18.2 Å². The van der Waals surface area contributed by atoms with Gasteiger partial charge in [0.25, 0.3) is 0 Å². The molecule has 2 aromatic carbocycles. The lowest BCUT2D eigenvalue weighted by Gasteiger charge is -2.14. The molecule has 0 atom stereocenters. The van der Waals surface area contributed by atoms with E-state index < -0.39 is 0 Å². The molecule has 0 fully saturated rings. The van der Waals surface area contributed by atoms with Crippen LogP contribution in [0.5, 0.6) is 11.5 Å². The third-order valence-corrected chi connectivity index (χ3v) is 7.01. The predicted molar refractivity (Wildman–Crippen MR) is 167 cm³/mol. The Balaban J connectivity index is 1.63. The molecular formula is C33H46ClN3O2. The minimum Gasteiger partial charge on any atom is -0.490 e. The van der Waals surface area contributed by atoms with Crippen molar-refractivity contribution in [2.45, 2.75) is 97.8 Å². The van der Waals surface area contributed by atoms with Crippen molar-refractivity contribution in [3.05, 3.63) is 58.7 Å². The van der Waals surface area contributed by atoms with Crippen LogP contribution in [0.25, 0.3) is 10.9 Å².